The summed E-state index contributed by atoms with van der Waals surface area (Å²) in [5.41, 5.74) is 0. The quantitative estimate of drug-likeness (QED) is 0.774. The van der Waals surface area contributed by atoms with Crippen molar-refractivity contribution in [2.45, 2.75) is 26.8 Å². The molecule has 1 rings (SSSR count). The molecule has 0 bridgehead atoms. The Hall–Kier alpha value is -0.843. The van der Waals surface area contributed by atoms with E-state index in [4.69, 9.17) is 8.85 Å². The summed E-state index contributed by atoms with van der Waals surface area (Å²) in [4.78, 5) is 0. The second-order valence-corrected chi connectivity index (χ2v) is 6.75. The Morgan fingerprint density at radius 3 is 2.44 bits per heavy atom. The van der Waals surface area contributed by atoms with E-state index in [1.807, 2.05) is 25.6 Å². The molecule has 16 heavy (non-hydrogen) atoms. The highest BCUT2D eigenvalue weighted by molar-refractivity contribution is 6.80. The zero-order valence-corrected chi connectivity index (χ0v) is 11.2. The van der Waals surface area contributed by atoms with Crippen LogP contribution in [0.4, 0.5) is 0 Å². The Labute approximate surface area is 98.3 Å². The van der Waals surface area contributed by atoms with Gasteiger partial charge >= 0.3 is 8.56 Å². The molecule has 0 saturated heterocycles. The molecule has 0 amide bonds. The van der Waals surface area contributed by atoms with Gasteiger partial charge in [-0.15, -0.1) is 0 Å². The number of hydrogen-bond acceptors (Lipinski definition) is 3. The zero-order valence-electron chi connectivity index (χ0n) is 10.2. The van der Waals surface area contributed by atoms with Crippen molar-refractivity contribution in [1.82, 2.24) is 0 Å². The normalized spacial score (nSPS) is 14.7. The highest BCUT2D eigenvalue weighted by Gasteiger charge is 2.36. The summed E-state index contributed by atoms with van der Waals surface area (Å²) in [6, 6.07) is 7.26. The van der Waals surface area contributed by atoms with Crippen molar-refractivity contribution in [3.05, 3.63) is 24.3 Å². The van der Waals surface area contributed by atoms with Crippen LogP contribution in [0.3, 0.4) is 0 Å². The first-order valence-electron chi connectivity index (χ1n) is 5.70. The van der Waals surface area contributed by atoms with Gasteiger partial charge in [0.15, 0.2) is 0 Å². The number of aromatic hydroxyl groups is 1. The lowest BCUT2D eigenvalue weighted by Crippen LogP contribution is -2.51. The highest BCUT2D eigenvalue weighted by atomic mass is 28.4. The maximum absolute atomic E-state index is 9.85. The van der Waals surface area contributed by atoms with Crippen LogP contribution in [0.5, 0.6) is 5.75 Å². The van der Waals surface area contributed by atoms with Crippen LogP contribution in [0.15, 0.2) is 24.3 Å². The zero-order chi connectivity index (χ0) is 12.0. The third-order valence-electron chi connectivity index (χ3n) is 2.39. The smallest absolute Gasteiger partial charge is 0.373 e. The summed E-state index contributed by atoms with van der Waals surface area (Å²) in [6.07, 6.45) is 0.948. The molecule has 1 aromatic carbocycles. The van der Waals surface area contributed by atoms with Gasteiger partial charge in [0.05, 0.1) is 0 Å². The summed E-state index contributed by atoms with van der Waals surface area (Å²) in [5, 5.41) is 10.7. The first kappa shape index (κ1) is 13.2. The van der Waals surface area contributed by atoms with Crippen LogP contribution < -0.4 is 5.19 Å². The molecule has 0 aromatic heterocycles. The summed E-state index contributed by atoms with van der Waals surface area (Å²) in [7, 11) is -2.44. The van der Waals surface area contributed by atoms with Gasteiger partial charge in [-0.1, -0.05) is 25.1 Å². The van der Waals surface area contributed by atoms with Crippen LogP contribution >= 0.6 is 0 Å². The average molecular weight is 240 g/mol. The van der Waals surface area contributed by atoms with Crippen LogP contribution in [-0.2, 0) is 8.85 Å². The molecule has 4 heteroatoms. The molecule has 0 spiro atoms. The van der Waals surface area contributed by atoms with Crippen LogP contribution in [0.1, 0.15) is 20.3 Å². The van der Waals surface area contributed by atoms with Crippen molar-refractivity contribution in [3.8, 4) is 5.75 Å². The van der Waals surface area contributed by atoms with Crippen LogP contribution in [0.25, 0.3) is 0 Å². The Kier molecular flexibility index (Phi) is 4.98. The fourth-order valence-electron chi connectivity index (χ4n) is 1.63. The van der Waals surface area contributed by atoms with Gasteiger partial charge in [-0.3, -0.25) is 0 Å². The molecule has 1 unspecified atom stereocenters. The molecule has 1 atom stereocenters. The molecule has 1 aromatic rings. The minimum absolute atomic E-state index is 0.265. The summed E-state index contributed by atoms with van der Waals surface area (Å²) in [6.45, 7) is 7.24. The molecule has 1 N–H and O–H groups in total. The van der Waals surface area contributed by atoms with Crippen molar-refractivity contribution < 1.29 is 14.0 Å². The number of hydrogen-bond donors (Lipinski definition) is 1. The predicted molar refractivity (Wildman–Crippen MR) is 67.2 cm³/mol. The number of phenolic OH excluding ortho intramolecular Hbond substituents is 1. The van der Waals surface area contributed by atoms with Gasteiger partial charge in [-0.2, -0.15) is 0 Å². The van der Waals surface area contributed by atoms with E-state index in [-0.39, 0.29) is 5.75 Å². The summed E-state index contributed by atoms with van der Waals surface area (Å²) in [5.74, 6) is 0.265. The first-order chi connectivity index (χ1) is 7.64. The van der Waals surface area contributed by atoms with E-state index in [9.17, 15) is 5.11 Å². The van der Waals surface area contributed by atoms with E-state index in [0.29, 0.717) is 13.2 Å². The maximum Gasteiger partial charge on any atom is 0.373 e. The van der Waals surface area contributed by atoms with Crippen molar-refractivity contribution >= 4 is 13.7 Å². The van der Waals surface area contributed by atoms with Crippen LogP contribution in [-0.4, -0.2) is 26.9 Å². The van der Waals surface area contributed by atoms with Crippen LogP contribution in [0.2, 0.25) is 6.55 Å². The van der Waals surface area contributed by atoms with E-state index >= 15 is 0 Å². The molecule has 0 aliphatic carbocycles. The fraction of sp³-hybridized carbons (Fsp3) is 0.500. The lowest BCUT2D eigenvalue weighted by Gasteiger charge is -2.27. The molecule has 0 fully saturated rings. The third-order valence-corrected chi connectivity index (χ3v) is 5.39. The number of para-hydroxylation sites is 1. The van der Waals surface area contributed by atoms with Crippen molar-refractivity contribution in [1.29, 1.82) is 0 Å². The maximum atomic E-state index is 9.85. The SMILES string of the molecule is CCCO[Si](C)(OCC)c1ccccc1O. The number of rotatable bonds is 6. The van der Waals surface area contributed by atoms with E-state index in [1.54, 1.807) is 12.1 Å². The largest absolute Gasteiger partial charge is 0.508 e. The molecule has 0 saturated carbocycles. The number of benzene rings is 1. The first-order valence-corrected chi connectivity index (χ1v) is 8.02. The van der Waals surface area contributed by atoms with Crippen LogP contribution in [0, 0.1) is 0 Å². The molecule has 0 aliphatic heterocycles. The fourth-order valence-corrected chi connectivity index (χ4v) is 4.11. The Bertz CT molecular complexity index is 330. The Balaban J connectivity index is 2.96. The Morgan fingerprint density at radius 1 is 1.19 bits per heavy atom. The second-order valence-electron chi connectivity index (χ2n) is 3.74. The van der Waals surface area contributed by atoms with Gasteiger partial charge < -0.3 is 14.0 Å². The lowest BCUT2D eigenvalue weighted by molar-refractivity contribution is 0.193. The standard InChI is InChI=1S/C12H20O3Si/c1-4-10-15-16(3,14-5-2)12-9-7-6-8-11(12)13/h6-9,13H,4-5,10H2,1-3H3. The van der Waals surface area contributed by atoms with Gasteiger partial charge in [0.2, 0.25) is 0 Å². The van der Waals surface area contributed by atoms with Crippen molar-refractivity contribution in [3.63, 3.8) is 0 Å². The molecule has 0 aliphatic rings. The van der Waals surface area contributed by atoms with E-state index in [1.165, 1.54) is 0 Å². The predicted octanol–water partition coefficient (Wildman–Crippen LogP) is 2.13. The molecule has 0 radical (unpaired) electrons. The number of phenols is 1. The van der Waals surface area contributed by atoms with E-state index in [2.05, 4.69) is 6.92 Å². The van der Waals surface area contributed by atoms with Gasteiger partial charge in [0.25, 0.3) is 0 Å². The molecule has 0 heterocycles. The highest BCUT2D eigenvalue weighted by Crippen LogP contribution is 2.15. The topological polar surface area (TPSA) is 38.7 Å². The van der Waals surface area contributed by atoms with E-state index in [0.717, 1.165) is 11.6 Å². The minimum Gasteiger partial charge on any atom is -0.508 e. The molecule has 90 valence electrons. The Morgan fingerprint density at radius 2 is 1.88 bits per heavy atom. The van der Waals surface area contributed by atoms with Gasteiger partial charge in [0, 0.05) is 18.4 Å². The van der Waals surface area contributed by atoms with Gasteiger partial charge in [-0.25, -0.2) is 0 Å². The second kappa shape index (κ2) is 6.03. The minimum atomic E-state index is -2.44. The molecular formula is C12H20O3Si. The van der Waals surface area contributed by atoms with Crippen molar-refractivity contribution in [2.24, 2.45) is 0 Å². The van der Waals surface area contributed by atoms with Crippen molar-refractivity contribution in [2.75, 3.05) is 13.2 Å². The molecule has 3 nitrogen and oxygen atoms in total. The monoisotopic (exact) mass is 240 g/mol. The summed E-state index contributed by atoms with van der Waals surface area (Å²) >= 11 is 0. The summed E-state index contributed by atoms with van der Waals surface area (Å²) < 4.78 is 11.6. The average Bonchev–Trinajstić information content (AvgIpc) is 2.27. The molecular weight excluding hydrogens is 220 g/mol. The van der Waals surface area contributed by atoms with Gasteiger partial charge in [-0.05, 0) is 26.0 Å². The lowest BCUT2D eigenvalue weighted by atomic mass is 10.3. The third kappa shape index (κ3) is 3.07. The van der Waals surface area contributed by atoms with Gasteiger partial charge in [0.1, 0.15) is 5.75 Å². The van der Waals surface area contributed by atoms with E-state index < -0.39 is 8.56 Å².